The Hall–Kier alpha value is -1.78. The summed E-state index contributed by atoms with van der Waals surface area (Å²) < 4.78 is 11.3. The number of fused-ring (bicyclic) bond motifs is 1. The van der Waals surface area contributed by atoms with Crippen molar-refractivity contribution in [3.05, 3.63) is 63.9 Å². The molecule has 1 saturated carbocycles. The highest BCUT2D eigenvalue weighted by Gasteiger charge is 2.41. The van der Waals surface area contributed by atoms with Crippen LogP contribution in [0.4, 0.5) is 0 Å². The summed E-state index contributed by atoms with van der Waals surface area (Å²) in [4.78, 5) is 0. The quantitative estimate of drug-likeness (QED) is 0.552. The summed E-state index contributed by atoms with van der Waals surface area (Å²) >= 11 is 0. The molecule has 4 nitrogen and oxygen atoms in total. The monoisotopic (exact) mass is 371 g/mol. The lowest BCUT2D eigenvalue weighted by molar-refractivity contribution is -0.833. The lowest BCUT2D eigenvalue weighted by Gasteiger charge is -2.43. The SMILES string of the molecule is COC1=C2C(CCC[C@H]2CCCCCc2ccccc2)[NH+]([O-])C(C)=C1OC. The summed E-state index contributed by atoms with van der Waals surface area (Å²) in [7, 11) is 3.33. The number of ether oxygens (including phenoxy) is 2. The summed E-state index contributed by atoms with van der Waals surface area (Å²) in [6.07, 6.45) is 9.15. The van der Waals surface area contributed by atoms with Gasteiger partial charge in [-0.15, -0.1) is 0 Å². The Morgan fingerprint density at radius 3 is 2.44 bits per heavy atom. The summed E-state index contributed by atoms with van der Waals surface area (Å²) in [6, 6.07) is 10.7. The van der Waals surface area contributed by atoms with Crippen molar-refractivity contribution in [3.63, 3.8) is 0 Å². The van der Waals surface area contributed by atoms with Crippen LogP contribution in [-0.2, 0) is 15.9 Å². The van der Waals surface area contributed by atoms with Gasteiger partial charge in [0, 0.05) is 18.9 Å². The van der Waals surface area contributed by atoms with E-state index in [-0.39, 0.29) is 11.1 Å². The van der Waals surface area contributed by atoms with Gasteiger partial charge >= 0.3 is 0 Å². The van der Waals surface area contributed by atoms with Gasteiger partial charge in [0.15, 0.2) is 11.5 Å². The van der Waals surface area contributed by atoms with Crippen LogP contribution >= 0.6 is 0 Å². The second-order valence-corrected chi connectivity index (χ2v) is 7.78. The predicted molar refractivity (Wildman–Crippen MR) is 108 cm³/mol. The molecule has 2 aliphatic rings. The minimum absolute atomic E-state index is 0.00178. The third-order valence-electron chi connectivity index (χ3n) is 6.12. The largest absolute Gasteiger partial charge is 0.629 e. The van der Waals surface area contributed by atoms with Gasteiger partial charge < -0.3 is 19.7 Å². The molecule has 2 unspecified atom stereocenters. The van der Waals surface area contributed by atoms with Crippen LogP contribution in [0.15, 0.2) is 53.1 Å². The van der Waals surface area contributed by atoms with E-state index in [1.54, 1.807) is 14.2 Å². The first-order valence-corrected chi connectivity index (χ1v) is 10.3. The first-order chi connectivity index (χ1) is 13.2. The number of hydrogen-bond donors (Lipinski definition) is 1. The summed E-state index contributed by atoms with van der Waals surface area (Å²) in [5, 5.41) is 13.1. The second kappa shape index (κ2) is 9.43. The number of quaternary nitrogens is 1. The van der Waals surface area contributed by atoms with Crippen molar-refractivity contribution in [1.29, 1.82) is 0 Å². The van der Waals surface area contributed by atoms with Crippen molar-refractivity contribution >= 4 is 0 Å². The van der Waals surface area contributed by atoms with Gasteiger partial charge in [0.05, 0.1) is 14.2 Å². The molecule has 27 heavy (non-hydrogen) atoms. The Kier molecular flexibility index (Phi) is 6.97. The highest BCUT2D eigenvalue weighted by molar-refractivity contribution is 5.35. The van der Waals surface area contributed by atoms with Crippen molar-refractivity contribution < 1.29 is 14.5 Å². The fourth-order valence-electron chi connectivity index (χ4n) is 4.75. The van der Waals surface area contributed by atoms with Crippen molar-refractivity contribution in [2.24, 2.45) is 5.92 Å². The molecule has 1 aliphatic heterocycles. The second-order valence-electron chi connectivity index (χ2n) is 7.78. The van der Waals surface area contributed by atoms with E-state index in [1.807, 2.05) is 6.92 Å². The summed E-state index contributed by atoms with van der Waals surface area (Å²) in [6.45, 7) is 1.87. The van der Waals surface area contributed by atoms with Gasteiger partial charge in [-0.25, -0.2) is 0 Å². The Morgan fingerprint density at radius 1 is 1.00 bits per heavy atom. The highest BCUT2D eigenvalue weighted by atomic mass is 16.5. The third kappa shape index (κ3) is 4.39. The van der Waals surface area contributed by atoms with E-state index in [0.29, 0.717) is 17.4 Å². The summed E-state index contributed by atoms with van der Waals surface area (Å²) in [5.41, 5.74) is 3.34. The molecule has 0 bridgehead atoms. The van der Waals surface area contributed by atoms with E-state index in [2.05, 4.69) is 30.3 Å². The molecule has 3 rings (SSSR count). The van der Waals surface area contributed by atoms with Gasteiger partial charge in [0.1, 0.15) is 6.04 Å². The number of hydroxylamine groups is 2. The van der Waals surface area contributed by atoms with Crippen LogP contribution in [0.3, 0.4) is 0 Å². The average molecular weight is 372 g/mol. The Labute approximate surface area is 163 Å². The molecule has 1 heterocycles. The number of nitrogens with one attached hydrogen (secondary N) is 1. The molecule has 0 spiro atoms. The average Bonchev–Trinajstić information content (AvgIpc) is 2.71. The van der Waals surface area contributed by atoms with Crippen molar-refractivity contribution in [3.8, 4) is 0 Å². The number of hydrogen-bond acceptors (Lipinski definition) is 3. The number of unbranched alkanes of at least 4 members (excludes halogenated alkanes) is 2. The first kappa shape index (κ1) is 20.0. The topological polar surface area (TPSA) is 46.0 Å². The molecular weight excluding hydrogens is 338 g/mol. The number of aryl methyl sites for hydroxylation is 1. The van der Waals surface area contributed by atoms with Crippen LogP contribution in [0.25, 0.3) is 0 Å². The van der Waals surface area contributed by atoms with Gasteiger partial charge in [-0.1, -0.05) is 43.2 Å². The van der Waals surface area contributed by atoms with Crippen LogP contribution in [0.2, 0.25) is 0 Å². The molecule has 4 heteroatoms. The zero-order chi connectivity index (χ0) is 19.2. The molecule has 0 radical (unpaired) electrons. The molecule has 148 valence electrons. The standard InChI is InChI=1S/C23H33NO3/c1-17-22(26-2)23(27-3)21-19(15-10-16-20(21)24(17)25)14-9-5-8-13-18-11-6-4-7-12-18/h4,6-7,11-12,19-20,24H,5,8-10,13-16H2,1-3H3/t19-,20?/m1/s1. The zero-order valence-corrected chi connectivity index (χ0v) is 16.9. The Morgan fingerprint density at radius 2 is 1.74 bits per heavy atom. The van der Waals surface area contributed by atoms with E-state index in [0.717, 1.165) is 37.9 Å². The molecule has 1 fully saturated rings. The molecule has 1 aromatic rings. The van der Waals surface area contributed by atoms with E-state index < -0.39 is 0 Å². The predicted octanol–water partition coefficient (Wildman–Crippen LogP) is 4.13. The molecule has 0 aromatic heterocycles. The van der Waals surface area contributed by atoms with Crippen molar-refractivity contribution in [2.75, 3.05) is 14.2 Å². The zero-order valence-electron chi connectivity index (χ0n) is 16.9. The first-order valence-electron chi connectivity index (χ1n) is 10.3. The molecule has 1 N–H and O–H groups in total. The minimum Gasteiger partial charge on any atom is -0.629 e. The van der Waals surface area contributed by atoms with E-state index in [9.17, 15) is 5.21 Å². The lowest BCUT2D eigenvalue weighted by Crippen LogP contribution is -3.10. The van der Waals surface area contributed by atoms with Gasteiger partial charge in [-0.05, 0) is 43.6 Å². The summed E-state index contributed by atoms with van der Waals surface area (Å²) in [5.74, 6) is 1.91. The van der Waals surface area contributed by atoms with E-state index in [1.165, 1.54) is 30.4 Å². The van der Waals surface area contributed by atoms with Gasteiger partial charge in [-0.2, -0.15) is 0 Å². The number of benzene rings is 1. The maximum Gasteiger partial charge on any atom is 0.218 e. The van der Waals surface area contributed by atoms with Crippen LogP contribution in [0.1, 0.15) is 57.4 Å². The Bertz CT molecular complexity index is 680. The van der Waals surface area contributed by atoms with Gasteiger partial charge in [-0.3, -0.25) is 0 Å². The van der Waals surface area contributed by atoms with E-state index in [4.69, 9.17) is 9.47 Å². The minimum atomic E-state index is 0.00178. The maximum atomic E-state index is 12.8. The molecule has 1 aromatic carbocycles. The smallest absolute Gasteiger partial charge is 0.218 e. The lowest BCUT2D eigenvalue weighted by atomic mass is 9.75. The van der Waals surface area contributed by atoms with Crippen LogP contribution in [0, 0.1) is 11.1 Å². The van der Waals surface area contributed by atoms with Crippen LogP contribution in [-0.4, -0.2) is 20.3 Å². The number of allylic oxidation sites excluding steroid dienone is 1. The fourth-order valence-corrected chi connectivity index (χ4v) is 4.75. The van der Waals surface area contributed by atoms with Crippen LogP contribution < -0.4 is 5.06 Å². The van der Waals surface area contributed by atoms with Gasteiger partial charge in [0.25, 0.3) is 0 Å². The Balaban J connectivity index is 1.63. The molecular formula is C23H33NO3. The van der Waals surface area contributed by atoms with Gasteiger partial charge in [0.2, 0.25) is 5.76 Å². The molecule has 0 saturated heterocycles. The van der Waals surface area contributed by atoms with E-state index >= 15 is 0 Å². The number of methoxy groups -OCH3 is 2. The maximum absolute atomic E-state index is 12.8. The van der Waals surface area contributed by atoms with Crippen molar-refractivity contribution in [2.45, 2.75) is 64.3 Å². The van der Waals surface area contributed by atoms with Crippen LogP contribution in [0.5, 0.6) is 0 Å². The molecule has 1 aliphatic carbocycles. The third-order valence-corrected chi connectivity index (χ3v) is 6.12. The normalized spacial score (nSPS) is 25.4. The fraction of sp³-hybridized carbons (Fsp3) is 0.565. The van der Waals surface area contributed by atoms with Crippen molar-refractivity contribution in [1.82, 2.24) is 0 Å². The number of rotatable bonds is 8. The molecule has 0 amide bonds. The highest BCUT2D eigenvalue weighted by Crippen LogP contribution is 2.39. The molecule has 3 atom stereocenters.